The zero-order valence-corrected chi connectivity index (χ0v) is 11.9. The predicted octanol–water partition coefficient (Wildman–Crippen LogP) is 3.79. The van der Waals surface area contributed by atoms with Gasteiger partial charge in [-0.15, -0.1) is 0 Å². The SMILES string of the molecule is Cc1ccc(O)c(C2=NN[C@H](c3ccccc3Cl)C2)c1. The first-order valence-electron chi connectivity index (χ1n) is 6.51. The van der Waals surface area contributed by atoms with Crippen molar-refractivity contribution in [2.45, 2.75) is 19.4 Å². The molecule has 0 aliphatic carbocycles. The molecule has 2 aromatic carbocycles. The second-order valence-electron chi connectivity index (χ2n) is 4.99. The summed E-state index contributed by atoms with van der Waals surface area (Å²) in [7, 11) is 0. The maximum absolute atomic E-state index is 9.97. The molecule has 0 bridgehead atoms. The standard InChI is InChI=1S/C16H15ClN2O/c1-10-6-7-16(20)12(8-10)15-9-14(18-19-15)11-4-2-3-5-13(11)17/h2-8,14,18,20H,9H2,1H3/t14-/m0/s1. The highest BCUT2D eigenvalue weighted by Crippen LogP contribution is 2.31. The Morgan fingerprint density at radius 3 is 2.85 bits per heavy atom. The van der Waals surface area contributed by atoms with Crippen molar-refractivity contribution in [3.05, 3.63) is 64.2 Å². The number of phenols is 1. The lowest BCUT2D eigenvalue weighted by molar-refractivity contribution is 0.474. The normalized spacial score (nSPS) is 17.7. The zero-order chi connectivity index (χ0) is 14.1. The summed E-state index contributed by atoms with van der Waals surface area (Å²) in [6.07, 6.45) is 0.709. The van der Waals surface area contributed by atoms with Crippen LogP contribution < -0.4 is 5.43 Å². The van der Waals surface area contributed by atoms with Gasteiger partial charge >= 0.3 is 0 Å². The number of nitrogens with zero attached hydrogens (tertiary/aromatic N) is 1. The monoisotopic (exact) mass is 286 g/mol. The zero-order valence-electron chi connectivity index (χ0n) is 11.1. The highest BCUT2D eigenvalue weighted by atomic mass is 35.5. The van der Waals surface area contributed by atoms with E-state index in [0.29, 0.717) is 6.42 Å². The smallest absolute Gasteiger partial charge is 0.124 e. The molecule has 1 aliphatic heterocycles. The lowest BCUT2D eigenvalue weighted by atomic mass is 9.97. The van der Waals surface area contributed by atoms with E-state index >= 15 is 0 Å². The Balaban J connectivity index is 1.86. The highest BCUT2D eigenvalue weighted by Gasteiger charge is 2.24. The summed E-state index contributed by atoms with van der Waals surface area (Å²) >= 11 is 6.21. The number of aryl methyl sites for hydroxylation is 1. The third kappa shape index (κ3) is 2.37. The van der Waals surface area contributed by atoms with Crippen LogP contribution in [0.3, 0.4) is 0 Å². The minimum absolute atomic E-state index is 0.0543. The summed E-state index contributed by atoms with van der Waals surface area (Å²) in [5, 5.41) is 15.1. The molecule has 1 heterocycles. The first-order chi connectivity index (χ1) is 9.65. The molecule has 2 aromatic rings. The van der Waals surface area contributed by atoms with E-state index in [0.717, 1.165) is 27.4 Å². The molecule has 4 heteroatoms. The van der Waals surface area contributed by atoms with Gasteiger partial charge in [0, 0.05) is 17.0 Å². The molecule has 0 fully saturated rings. The van der Waals surface area contributed by atoms with Crippen LogP contribution in [0.4, 0.5) is 0 Å². The van der Waals surface area contributed by atoms with Crippen LogP contribution in [0.2, 0.25) is 5.02 Å². The van der Waals surface area contributed by atoms with Gasteiger partial charge in [0.05, 0.1) is 11.8 Å². The molecule has 20 heavy (non-hydrogen) atoms. The number of nitrogens with one attached hydrogen (secondary N) is 1. The van der Waals surface area contributed by atoms with Crippen LogP contribution in [0.25, 0.3) is 0 Å². The Morgan fingerprint density at radius 2 is 2.05 bits per heavy atom. The Kier molecular flexibility index (Phi) is 3.36. The number of aromatic hydroxyl groups is 1. The predicted molar refractivity (Wildman–Crippen MR) is 81.3 cm³/mol. The van der Waals surface area contributed by atoms with Crippen LogP contribution in [0, 0.1) is 6.92 Å². The summed E-state index contributed by atoms with van der Waals surface area (Å²) in [6, 6.07) is 13.3. The van der Waals surface area contributed by atoms with Crippen molar-refractivity contribution >= 4 is 17.3 Å². The lowest BCUT2D eigenvalue weighted by Crippen LogP contribution is -2.10. The van der Waals surface area contributed by atoms with Crippen molar-refractivity contribution in [3.63, 3.8) is 0 Å². The van der Waals surface area contributed by atoms with Gasteiger partial charge in [-0.25, -0.2) is 0 Å². The molecule has 0 saturated carbocycles. The van der Waals surface area contributed by atoms with E-state index in [2.05, 4.69) is 10.5 Å². The fourth-order valence-corrected chi connectivity index (χ4v) is 2.70. The third-order valence-electron chi connectivity index (χ3n) is 3.50. The second kappa shape index (κ2) is 5.17. The average Bonchev–Trinajstić information content (AvgIpc) is 2.91. The summed E-state index contributed by atoms with van der Waals surface area (Å²) in [4.78, 5) is 0. The van der Waals surface area contributed by atoms with Crippen LogP contribution in [0.5, 0.6) is 5.75 Å². The Bertz CT molecular complexity index is 682. The molecule has 1 atom stereocenters. The molecule has 3 rings (SSSR count). The number of halogens is 1. The fraction of sp³-hybridized carbons (Fsp3) is 0.188. The van der Waals surface area contributed by atoms with Gasteiger partial charge in [-0.2, -0.15) is 5.10 Å². The Labute approximate surface area is 122 Å². The molecule has 0 saturated heterocycles. The molecule has 2 N–H and O–H groups in total. The van der Waals surface area contributed by atoms with Gasteiger partial charge in [-0.1, -0.05) is 41.4 Å². The van der Waals surface area contributed by atoms with Crippen molar-refractivity contribution < 1.29 is 5.11 Å². The molecule has 0 spiro atoms. The van der Waals surface area contributed by atoms with E-state index in [9.17, 15) is 5.11 Å². The lowest BCUT2D eigenvalue weighted by Gasteiger charge is -2.12. The van der Waals surface area contributed by atoms with E-state index in [-0.39, 0.29) is 11.8 Å². The first kappa shape index (κ1) is 13.0. The van der Waals surface area contributed by atoms with Crippen LogP contribution in [0.1, 0.15) is 29.2 Å². The number of hydrogen-bond acceptors (Lipinski definition) is 3. The second-order valence-corrected chi connectivity index (χ2v) is 5.39. The van der Waals surface area contributed by atoms with E-state index in [1.54, 1.807) is 6.07 Å². The summed E-state index contributed by atoms with van der Waals surface area (Å²) in [5.74, 6) is 0.260. The Morgan fingerprint density at radius 1 is 1.25 bits per heavy atom. The topological polar surface area (TPSA) is 44.6 Å². The van der Waals surface area contributed by atoms with E-state index in [1.165, 1.54) is 0 Å². The quantitative estimate of drug-likeness (QED) is 0.882. The highest BCUT2D eigenvalue weighted by molar-refractivity contribution is 6.31. The number of hydrogen-bond donors (Lipinski definition) is 2. The van der Waals surface area contributed by atoms with E-state index in [1.807, 2.05) is 43.3 Å². The molecule has 1 aliphatic rings. The molecule has 0 aromatic heterocycles. The number of benzene rings is 2. The first-order valence-corrected chi connectivity index (χ1v) is 6.89. The molecular formula is C16H15ClN2O. The summed E-state index contributed by atoms with van der Waals surface area (Å²) < 4.78 is 0. The number of phenolic OH excluding ortho intramolecular Hbond substituents is 1. The maximum atomic E-state index is 9.97. The summed E-state index contributed by atoms with van der Waals surface area (Å²) in [6.45, 7) is 2.00. The van der Waals surface area contributed by atoms with Crippen molar-refractivity contribution in [3.8, 4) is 5.75 Å². The molecule has 3 nitrogen and oxygen atoms in total. The largest absolute Gasteiger partial charge is 0.507 e. The van der Waals surface area contributed by atoms with Crippen molar-refractivity contribution in [1.29, 1.82) is 0 Å². The maximum Gasteiger partial charge on any atom is 0.124 e. The van der Waals surface area contributed by atoms with Crippen molar-refractivity contribution in [2.24, 2.45) is 5.10 Å². The minimum Gasteiger partial charge on any atom is -0.507 e. The van der Waals surface area contributed by atoms with Gasteiger partial charge in [0.25, 0.3) is 0 Å². The molecule has 102 valence electrons. The molecule has 0 unspecified atom stereocenters. The van der Waals surface area contributed by atoms with Crippen LogP contribution >= 0.6 is 11.6 Å². The average molecular weight is 287 g/mol. The Hall–Kier alpha value is -2.00. The van der Waals surface area contributed by atoms with Gasteiger partial charge in [0.15, 0.2) is 0 Å². The minimum atomic E-state index is 0.0543. The van der Waals surface area contributed by atoms with Gasteiger partial charge in [-0.05, 0) is 30.7 Å². The summed E-state index contributed by atoms with van der Waals surface area (Å²) in [5.41, 5.74) is 6.87. The van der Waals surface area contributed by atoms with Crippen LogP contribution in [-0.2, 0) is 0 Å². The fourth-order valence-electron chi connectivity index (χ4n) is 2.43. The van der Waals surface area contributed by atoms with Crippen molar-refractivity contribution in [2.75, 3.05) is 0 Å². The van der Waals surface area contributed by atoms with E-state index < -0.39 is 0 Å². The van der Waals surface area contributed by atoms with E-state index in [4.69, 9.17) is 11.6 Å². The molecule has 0 amide bonds. The van der Waals surface area contributed by atoms with Gasteiger partial charge in [0.1, 0.15) is 5.75 Å². The number of rotatable bonds is 2. The van der Waals surface area contributed by atoms with Crippen molar-refractivity contribution in [1.82, 2.24) is 5.43 Å². The molecular weight excluding hydrogens is 272 g/mol. The third-order valence-corrected chi connectivity index (χ3v) is 3.84. The van der Waals surface area contributed by atoms with Crippen LogP contribution in [0.15, 0.2) is 47.6 Å². The molecule has 0 radical (unpaired) electrons. The number of hydrazone groups is 1. The van der Waals surface area contributed by atoms with Crippen LogP contribution in [-0.4, -0.2) is 10.8 Å². The van der Waals surface area contributed by atoms with Gasteiger partial charge in [-0.3, -0.25) is 0 Å². The van der Waals surface area contributed by atoms with Gasteiger partial charge < -0.3 is 10.5 Å². The van der Waals surface area contributed by atoms with Gasteiger partial charge in [0.2, 0.25) is 0 Å².